The quantitative estimate of drug-likeness (QED) is 0.522. The molecule has 3 aliphatic carbocycles. The molecule has 1 saturated heterocycles. The number of fused-ring (bicyclic) bond motifs is 1. The molecule has 1 N–H and O–H groups in total. The number of carbonyl (C=O) groups is 1. The molecule has 5 heteroatoms. The Hall–Kier alpha value is -2.01. The van der Waals surface area contributed by atoms with Crippen LogP contribution in [0.25, 0.3) is 0 Å². The molecule has 5 nitrogen and oxygen atoms in total. The molecule has 1 heterocycles. The summed E-state index contributed by atoms with van der Waals surface area (Å²) < 4.78 is 5.24. The minimum absolute atomic E-state index is 0.00186. The second kappa shape index (κ2) is 9.86. The highest BCUT2D eigenvalue weighted by molar-refractivity contribution is 5.89. The van der Waals surface area contributed by atoms with Gasteiger partial charge in [0.05, 0.1) is 7.11 Å². The molecule has 1 saturated carbocycles. The molecule has 4 aliphatic rings. The standard InChI is InChI=1S/C27H41N3O2/c1-20-8-5-6-15-29(20)16-7-17-30(19-21-9-10-22-18-25(21)27(22,2)3)26(31)28-23-11-13-24(32-4)14-12-23/h9,11-14,20,22,25H,5-8,10,15-19H2,1-4H3,(H,28,31). The zero-order valence-corrected chi connectivity index (χ0v) is 20.4. The topological polar surface area (TPSA) is 44.8 Å². The largest absolute Gasteiger partial charge is 0.497 e. The highest BCUT2D eigenvalue weighted by Crippen LogP contribution is 2.59. The van der Waals surface area contributed by atoms with Crippen molar-refractivity contribution in [2.45, 2.75) is 65.3 Å². The fourth-order valence-electron chi connectivity index (χ4n) is 5.96. The van der Waals surface area contributed by atoms with E-state index < -0.39 is 0 Å². The number of hydrogen-bond donors (Lipinski definition) is 1. The average molecular weight is 440 g/mol. The molecule has 32 heavy (non-hydrogen) atoms. The number of benzene rings is 1. The first kappa shape index (κ1) is 23.2. The molecule has 0 spiro atoms. The summed E-state index contributed by atoms with van der Waals surface area (Å²) in [7, 11) is 1.66. The van der Waals surface area contributed by atoms with E-state index in [2.05, 4.69) is 37.1 Å². The van der Waals surface area contributed by atoms with E-state index in [1.807, 2.05) is 29.2 Å². The minimum Gasteiger partial charge on any atom is -0.497 e. The third-order valence-corrected chi connectivity index (χ3v) is 8.40. The first-order valence-electron chi connectivity index (χ1n) is 12.5. The van der Waals surface area contributed by atoms with Crippen LogP contribution < -0.4 is 10.1 Å². The van der Waals surface area contributed by atoms with Gasteiger partial charge in [0.2, 0.25) is 0 Å². The van der Waals surface area contributed by atoms with Crippen LogP contribution in [0.1, 0.15) is 59.3 Å². The number of amides is 2. The van der Waals surface area contributed by atoms with Gasteiger partial charge in [-0.2, -0.15) is 0 Å². The van der Waals surface area contributed by atoms with E-state index in [0.29, 0.717) is 17.4 Å². The van der Waals surface area contributed by atoms with E-state index in [1.54, 1.807) is 7.11 Å². The van der Waals surface area contributed by atoms with Crippen molar-refractivity contribution in [3.8, 4) is 5.75 Å². The van der Waals surface area contributed by atoms with Gasteiger partial charge in [-0.05, 0) is 87.1 Å². The van der Waals surface area contributed by atoms with Crippen LogP contribution in [0.15, 0.2) is 35.9 Å². The monoisotopic (exact) mass is 439 g/mol. The molecule has 0 aromatic heterocycles. The zero-order valence-electron chi connectivity index (χ0n) is 20.4. The van der Waals surface area contributed by atoms with Gasteiger partial charge in [-0.25, -0.2) is 4.79 Å². The number of nitrogens with zero attached hydrogens (tertiary/aromatic N) is 2. The maximum atomic E-state index is 13.3. The van der Waals surface area contributed by atoms with Crippen molar-refractivity contribution < 1.29 is 9.53 Å². The number of likely N-dealkylation sites (tertiary alicyclic amines) is 1. The second-order valence-corrected chi connectivity index (χ2v) is 10.6. The smallest absolute Gasteiger partial charge is 0.322 e. The molecule has 5 rings (SSSR count). The summed E-state index contributed by atoms with van der Waals surface area (Å²) in [5.41, 5.74) is 2.66. The van der Waals surface area contributed by atoms with Crippen LogP contribution in [0.5, 0.6) is 5.75 Å². The lowest BCUT2D eigenvalue weighted by Gasteiger charge is -2.57. The molecule has 2 amide bonds. The summed E-state index contributed by atoms with van der Waals surface area (Å²) in [6, 6.07) is 8.26. The van der Waals surface area contributed by atoms with Gasteiger partial charge in [0.15, 0.2) is 0 Å². The highest BCUT2D eigenvalue weighted by Gasteiger charge is 2.51. The van der Waals surface area contributed by atoms with Crippen molar-refractivity contribution in [3.05, 3.63) is 35.9 Å². The Bertz CT molecular complexity index is 817. The zero-order chi connectivity index (χ0) is 22.7. The number of urea groups is 1. The second-order valence-electron chi connectivity index (χ2n) is 10.6. The lowest BCUT2D eigenvalue weighted by Crippen LogP contribution is -2.50. The molecule has 1 aromatic rings. The predicted molar refractivity (Wildman–Crippen MR) is 131 cm³/mol. The third kappa shape index (κ3) is 4.98. The number of ether oxygens (including phenoxy) is 1. The number of anilines is 1. The Kier molecular flexibility index (Phi) is 7.14. The van der Waals surface area contributed by atoms with E-state index in [4.69, 9.17) is 4.74 Å². The fourth-order valence-corrected chi connectivity index (χ4v) is 5.96. The van der Waals surface area contributed by atoms with E-state index in [1.165, 1.54) is 37.8 Å². The summed E-state index contributed by atoms with van der Waals surface area (Å²) in [5.74, 6) is 2.24. The number of methoxy groups -OCH3 is 1. The van der Waals surface area contributed by atoms with Crippen LogP contribution in [0, 0.1) is 17.3 Å². The Morgan fingerprint density at radius 3 is 2.69 bits per heavy atom. The van der Waals surface area contributed by atoms with Crippen LogP contribution in [-0.4, -0.2) is 55.2 Å². The normalized spacial score (nSPS) is 26.6. The van der Waals surface area contributed by atoms with Crippen molar-refractivity contribution >= 4 is 11.7 Å². The number of allylic oxidation sites excluding steroid dienone is 1. The molecule has 1 aromatic carbocycles. The molecule has 3 atom stereocenters. The van der Waals surface area contributed by atoms with Crippen molar-refractivity contribution in [1.29, 1.82) is 0 Å². The van der Waals surface area contributed by atoms with Crippen molar-refractivity contribution in [2.75, 3.05) is 38.6 Å². The Morgan fingerprint density at radius 2 is 2.03 bits per heavy atom. The van der Waals surface area contributed by atoms with Gasteiger partial charge in [0, 0.05) is 31.4 Å². The van der Waals surface area contributed by atoms with Crippen LogP contribution in [0.3, 0.4) is 0 Å². The lowest BCUT2D eigenvalue weighted by molar-refractivity contribution is -0.00958. The third-order valence-electron chi connectivity index (χ3n) is 8.40. The van der Waals surface area contributed by atoms with E-state index in [9.17, 15) is 4.79 Å². The minimum atomic E-state index is 0.00186. The SMILES string of the molecule is COc1ccc(NC(=O)N(CCCN2CCCCC2C)CC2=CCC3CC2C3(C)C)cc1. The van der Waals surface area contributed by atoms with Gasteiger partial charge in [-0.15, -0.1) is 0 Å². The molecule has 2 bridgehead atoms. The van der Waals surface area contributed by atoms with E-state index in [-0.39, 0.29) is 6.03 Å². The van der Waals surface area contributed by atoms with Crippen molar-refractivity contribution in [3.63, 3.8) is 0 Å². The fraction of sp³-hybridized carbons (Fsp3) is 0.667. The first-order valence-corrected chi connectivity index (χ1v) is 12.5. The summed E-state index contributed by atoms with van der Waals surface area (Å²) in [6.07, 6.45) is 9.84. The summed E-state index contributed by atoms with van der Waals surface area (Å²) in [5, 5.41) is 3.12. The van der Waals surface area contributed by atoms with Gasteiger partial charge in [-0.1, -0.05) is 31.9 Å². The van der Waals surface area contributed by atoms with Gasteiger partial charge in [-0.3, -0.25) is 0 Å². The van der Waals surface area contributed by atoms with Crippen molar-refractivity contribution in [2.24, 2.45) is 17.3 Å². The summed E-state index contributed by atoms with van der Waals surface area (Å²) in [4.78, 5) is 18.0. The number of carbonyl (C=O) groups excluding carboxylic acids is 1. The summed E-state index contributed by atoms with van der Waals surface area (Å²) in [6.45, 7) is 11.0. The van der Waals surface area contributed by atoms with Gasteiger partial charge in [0.1, 0.15) is 5.75 Å². The number of hydrogen-bond acceptors (Lipinski definition) is 3. The lowest BCUT2D eigenvalue weighted by atomic mass is 9.49. The molecular formula is C27H41N3O2. The Balaban J connectivity index is 1.40. The Labute approximate surface area is 194 Å². The average Bonchev–Trinajstić information content (AvgIpc) is 2.80. The van der Waals surface area contributed by atoms with E-state index >= 15 is 0 Å². The number of nitrogens with one attached hydrogen (secondary N) is 1. The van der Waals surface area contributed by atoms with Gasteiger partial charge in [0.25, 0.3) is 0 Å². The van der Waals surface area contributed by atoms with Crippen LogP contribution in [-0.2, 0) is 0 Å². The predicted octanol–water partition coefficient (Wildman–Crippen LogP) is 5.79. The molecule has 0 radical (unpaired) electrons. The number of piperidine rings is 1. The van der Waals surface area contributed by atoms with Crippen LogP contribution in [0.4, 0.5) is 10.5 Å². The molecule has 2 fully saturated rings. The van der Waals surface area contributed by atoms with E-state index in [0.717, 1.165) is 49.8 Å². The first-order chi connectivity index (χ1) is 15.4. The van der Waals surface area contributed by atoms with Crippen molar-refractivity contribution in [1.82, 2.24) is 9.80 Å². The maximum Gasteiger partial charge on any atom is 0.322 e. The maximum absolute atomic E-state index is 13.3. The van der Waals surface area contributed by atoms with Crippen LogP contribution in [0.2, 0.25) is 0 Å². The Morgan fingerprint density at radius 1 is 1.25 bits per heavy atom. The highest BCUT2D eigenvalue weighted by atomic mass is 16.5. The van der Waals surface area contributed by atoms with Gasteiger partial charge >= 0.3 is 6.03 Å². The van der Waals surface area contributed by atoms with Crippen LogP contribution >= 0.6 is 0 Å². The summed E-state index contributed by atoms with van der Waals surface area (Å²) >= 11 is 0. The molecule has 3 unspecified atom stereocenters. The number of rotatable bonds is 8. The molecule has 1 aliphatic heterocycles. The van der Waals surface area contributed by atoms with Gasteiger partial charge < -0.3 is 19.9 Å². The molecule has 176 valence electrons. The molecular weight excluding hydrogens is 398 g/mol.